The fourth-order valence-corrected chi connectivity index (χ4v) is 6.24. The van der Waals surface area contributed by atoms with Crippen LogP contribution in [0.3, 0.4) is 0 Å². The van der Waals surface area contributed by atoms with Crippen molar-refractivity contribution in [2.45, 2.75) is 99.1 Å². The van der Waals surface area contributed by atoms with Crippen LogP contribution >= 0.6 is 0 Å². The Morgan fingerprint density at radius 3 is 2.17 bits per heavy atom. The van der Waals surface area contributed by atoms with E-state index in [0.29, 0.717) is 17.8 Å². The summed E-state index contributed by atoms with van der Waals surface area (Å²) in [5, 5.41) is 6.94. The van der Waals surface area contributed by atoms with Crippen molar-refractivity contribution in [3.05, 3.63) is 87.8 Å². The standard InChI is InChI=1S/C40H51N5O2/c1-10-13-25-45-37-33(21-16-24-41-37)34(30-18-14-17-29(26-30)22-23-40(8,9)44(11-2)12-3)36(38(45)46)43-39(47)42-35-31(27(4)5)19-15-20-32(35)28(6)7/h14-21,24,26-28H,10-13,25H2,1-9H3,(H2,42,43,47). The van der Waals surface area contributed by atoms with Gasteiger partial charge >= 0.3 is 6.03 Å². The van der Waals surface area contributed by atoms with E-state index in [-0.39, 0.29) is 28.6 Å². The molecule has 0 radical (unpaired) electrons. The normalized spacial score (nSPS) is 11.7. The molecule has 0 aliphatic rings. The van der Waals surface area contributed by atoms with Gasteiger partial charge in [-0.3, -0.25) is 14.3 Å². The molecule has 4 rings (SSSR count). The third-order valence-corrected chi connectivity index (χ3v) is 8.82. The summed E-state index contributed by atoms with van der Waals surface area (Å²) in [5.41, 5.74) is 5.37. The lowest BCUT2D eigenvalue weighted by Crippen LogP contribution is -2.42. The van der Waals surface area contributed by atoms with E-state index in [1.165, 1.54) is 0 Å². The number of anilines is 2. The number of hydrogen-bond acceptors (Lipinski definition) is 4. The molecule has 248 valence electrons. The number of rotatable bonds is 11. The SMILES string of the molecule is CCCCn1c(=O)c(NC(=O)Nc2c(C(C)C)cccc2C(C)C)c(-c2cccc(C#CC(C)(C)N(CC)CC)c2)c2cccnc21. The number of aryl methyl sites for hydroxylation is 1. The maximum atomic E-state index is 14.4. The molecule has 7 heteroatoms. The van der Waals surface area contributed by atoms with Crippen molar-refractivity contribution in [2.24, 2.45) is 0 Å². The highest BCUT2D eigenvalue weighted by Gasteiger charge is 2.24. The van der Waals surface area contributed by atoms with Gasteiger partial charge in [0.05, 0.1) is 5.54 Å². The van der Waals surface area contributed by atoms with Gasteiger partial charge in [-0.2, -0.15) is 0 Å². The smallest absolute Gasteiger partial charge is 0.307 e. The molecule has 47 heavy (non-hydrogen) atoms. The Kier molecular flexibility index (Phi) is 11.7. The van der Waals surface area contributed by atoms with Gasteiger partial charge in [-0.1, -0.05) is 97.1 Å². The minimum absolute atomic E-state index is 0.202. The van der Waals surface area contributed by atoms with Crippen LogP contribution in [0.1, 0.15) is 104 Å². The second kappa shape index (κ2) is 15.5. The highest BCUT2D eigenvalue weighted by atomic mass is 16.2. The van der Waals surface area contributed by atoms with Gasteiger partial charge in [-0.05, 0) is 86.1 Å². The van der Waals surface area contributed by atoms with Gasteiger partial charge < -0.3 is 10.6 Å². The zero-order valence-electron chi connectivity index (χ0n) is 29.6. The average molecular weight is 634 g/mol. The zero-order chi connectivity index (χ0) is 34.3. The summed E-state index contributed by atoms with van der Waals surface area (Å²) in [6.07, 6.45) is 3.44. The molecular weight excluding hydrogens is 582 g/mol. The number of carbonyl (C=O) groups is 1. The highest BCUT2D eigenvalue weighted by Crippen LogP contribution is 2.35. The van der Waals surface area contributed by atoms with Crippen molar-refractivity contribution in [2.75, 3.05) is 23.7 Å². The summed E-state index contributed by atoms with van der Waals surface area (Å²) in [6, 6.07) is 17.4. The van der Waals surface area contributed by atoms with Crippen LogP contribution in [0.15, 0.2) is 65.6 Å². The van der Waals surface area contributed by atoms with E-state index in [1.807, 2.05) is 54.6 Å². The molecule has 2 amide bonds. The molecular formula is C40H51N5O2. The van der Waals surface area contributed by atoms with E-state index < -0.39 is 6.03 Å². The first kappa shape index (κ1) is 35.4. The molecule has 2 heterocycles. The van der Waals surface area contributed by atoms with Crippen LogP contribution in [0.4, 0.5) is 16.2 Å². The quantitative estimate of drug-likeness (QED) is 0.161. The van der Waals surface area contributed by atoms with Gasteiger partial charge in [0, 0.05) is 34.9 Å². The molecule has 0 aliphatic carbocycles. The van der Waals surface area contributed by atoms with Crippen LogP contribution < -0.4 is 16.2 Å². The molecule has 0 fully saturated rings. The van der Waals surface area contributed by atoms with Crippen LogP contribution in [0.25, 0.3) is 22.2 Å². The van der Waals surface area contributed by atoms with Crippen molar-refractivity contribution in [1.29, 1.82) is 0 Å². The summed E-state index contributed by atoms with van der Waals surface area (Å²) in [5.74, 6) is 7.24. The number of amides is 2. The monoisotopic (exact) mass is 633 g/mol. The zero-order valence-corrected chi connectivity index (χ0v) is 29.6. The summed E-state index contributed by atoms with van der Waals surface area (Å²) in [4.78, 5) is 35.3. The molecule has 0 unspecified atom stereocenters. The number of pyridine rings is 2. The van der Waals surface area contributed by atoms with E-state index in [4.69, 9.17) is 0 Å². The molecule has 0 saturated carbocycles. The lowest BCUT2D eigenvalue weighted by atomic mass is 9.93. The van der Waals surface area contributed by atoms with E-state index in [0.717, 1.165) is 59.3 Å². The lowest BCUT2D eigenvalue weighted by molar-refractivity contribution is 0.189. The van der Waals surface area contributed by atoms with Crippen molar-refractivity contribution in [1.82, 2.24) is 14.5 Å². The van der Waals surface area contributed by atoms with Crippen LogP contribution in [-0.2, 0) is 6.54 Å². The summed E-state index contributed by atoms with van der Waals surface area (Å²) in [7, 11) is 0. The number of aromatic nitrogens is 2. The van der Waals surface area contributed by atoms with Gasteiger partial charge in [-0.25, -0.2) is 9.78 Å². The van der Waals surface area contributed by atoms with E-state index in [9.17, 15) is 9.59 Å². The van der Waals surface area contributed by atoms with E-state index >= 15 is 0 Å². The fourth-order valence-electron chi connectivity index (χ4n) is 6.24. The molecule has 2 N–H and O–H groups in total. The van der Waals surface area contributed by atoms with Gasteiger partial charge in [0.2, 0.25) is 0 Å². The molecule has 7 nitrogen and oxygen atoms in total. The third kappa shape index (κ3) is 7.94. The topological polar surface area (TPSA) is 79.3 Å². The molecule has 0 bridgehead atoms. The van der Waals surface area contributed by atoms with E-state index in [2.05, 4.69) is 94.7 Å². The first-order chi connectivity index (χ1) is 22.4. The van der Waals surface area contributed by atoms with Crippen molar-refractivity contribution < 1.29 is 4.79 Å². The first-order valence-corrected chi connectivity index (χ1v) is 17.0. The summed E-state index contributed by atoms with van der Waals surface area (Å²) < 4.78 is 1.69. The Morgan fingerprint density at radius 1 is 0.915 bits per heavy atom. The minimum atomic E-state index is -0.458. The van der Waals surface area contributed by atoms with E-state index in [1.54, 1.807) is 10.8 Å². The summed E-state index contributed by atoms with van der Waals surface area (Å²) in [6.45, 7) is 21.4. The molecule has 0 spiro atoms. The number of hydrogen-bond donors (Lipinski definition) is 2. The molecule has 0 atom stereocenters. The summed E-state index contributed by atoms with van der Waals surface area (Å²) >= 11 is 0. The molecule has 4 aromatic rings. The Bertz CT molecular complexity index is 1810. The van der Waals surface area contributed by atoms with Crippen LogP contribution in [0, 0.1) is 11.8 Å². The number of benzene rings is 2. The van der Waals surface area contributed by atoms with Crippen LogP contribution in [-0.4, -0.2) is 39.1 Å². The Hall–Kier alpha value is -4.41. The Morgan fingerprint density at radius 2 is 1.55 bits per heavy atom. The predicted octanol–water partition coefficient (Wildman–Crippen LogP) is 9.23. The van der Waals surface area contributed by atoms with Crippen LogP contribution in [0.2, 0.25) is 0 Å². The van der Waals surface area contributed by atoms with Gasteiger partial charge in [0.1, 0.15) is 11.3 Å². The first-order valence-electron chi connectivity index (χ1n) is 17.0. The number of fused-ring (bicyclic) bond motifs is 1. The largest absolute Gasteiger partial charge is 0.323 e. The number of nitrogens with one attached hydrogen (secondary N) is 2. The average Bonchev–Trinajstić information content (AvgIpc) is 3.04. The highest BCUT2D eigenvalue weighted by molar-refractivity contribution is 6.07. The number of unbranched alkanes of at least 4 members (excludes halogenated alkanes) is 1. The van der Waals surface area contributed by atoms with Gasteiger partial charge in [-0.15, -0.1) is 0 Å². The second-order valence-electron chi connectivity index (χ2n) is 13.2. The number of carbonyl (C=O) groups excluding carboxylic acids is 1. The molecule has 0 aliphatic heterocycles. The number of nitrogens with zero attached hydrogens (tertiary/aromatic N) is 3. The minimum Gasteiger partial charge on any atom is -0.307 e. The second-order valence-corrected chi connectivity index (χ2v) is 13.2. The molecule has 0 saturated heterocycles. The van der Waals surface area contributed by atoms with Gasteiger partial charge in [0.15, 0.2) is 0 Å². The van der Waals surface area contributed by atoms with Crippen molar-refractivity contribution in [3.8, 4) is 23.0 Å². The number of urea groups is 1. The van der Waals surface area contributed by atoms with Crippen molar-refractivity contribution >= 4 is 28.4 Å². The van der Waals surface area contributed by atoms with Crippen molar-refractivity contribution in [3.63, 3.8) is 0 Å². The fraction of sp³-hybridized carbons (Fsp3) is 0.425. The third-order valence-electron chi connectivity index (χ3n) is 8.82. The molecule has 2 aromatic heterocycles. The lowest BCUT2D eigenvalue weighted by Gasteiger charge is -2.32. The van der Waals surface area contributed by atoms with Crippen LogP contribution in [0.5, 0.6) is 0 Å². The predicted molar refractivity (Wildman–Crippen MR) is 197 cm³/mol. The Labute approximate surface area is 280 Å². The maximum absolute atomic E-state index is 14.4. The molecule has 2 aromatic carbocycles. The Balaban J connectivity index is 1.90. The maximum Gasteiger partial charge on any atom is 0.323 e. The number of para-hydroxylation sites is 1. The van der Waals surface area contributed by atoms with Gasteiger partial charge in [0.25, 0.3) is 5.56 Å².